The standard InChI is InChI=1S/C17H19ClN4O2/c18-15-9-14(16(19)23)17(21-20-15)22-8-4-5-12(10-22)11-24-13-6-2-1-3-7-13/h1-3,6-7,9,12H,4-5,8,10-11H2,(H2,19,23). The quantitative estimate of drug-likeness (QED) is 0.899. The third-order valence-corrected chi connectivity index (χ3v) is 4.24. The van der Waals surface area contributed by atoms with Gasteiger partial charge in [-0.2, -0.15) is 0 Å². The van der Waals surface area contributed by atoms with Gasteiger partial charge in [0.2, 0.25) is 0 Å². The normalized spacial score (nSPS) is 17.5. The fourth-order valence-corrected chi connectivity index (χ4v) is 3.05. The molecule has 1 aromatic carbocycles. The van der Waals surface area contributed by atoms with E-state index in [0.717, 1.165) is 31.7 Å². The maximum atomic E-state index is 11.7. The minimum atomic E-state index is -0.551. The molecule has 1 aliphatic rings. The summed E-state index contributed by atoms with van der Waals surface area (Å²) >= 11 is 5.83. The molecular formula is C17H19ClN4O2. The molecule has 2 aromatic rings. The summed E-state index contributed by atoms with van der Waals surface area (Å²) in [6, 6.07) is 11.2. The lowest BCUT2D eigenvalue weighted by atomic mass is 9.98. The Morgan fingerprint density at radius 1 is 1.33 bits per heavy atom. The molecule has 6 nitrogen and oxygen atoms in total. The molecule has 2 heterocycles. The number of anilines is 1. The zero-order valence-electron chi connectivity index (χ0n) is 13.2. The Bertz CT molecular complexity index is 711. The Morgan fingerprint density at radius 2 is 2.12 bits per heavy atom. The Balaban J connectivity index is 1.68. The lowest BCUT2D eigenvalue weighted by Crippen LogP contribution is -2.39. The summed E-state index contributed by atoms with van der Waals surface area (Å²) < 4.78 is 5.85. The van der Waals surface area contributed by atoms with Crippen molar-refractivity contribution in [1.29, 1.82) is 0 Å². The van der Waals surface area contributed by atoms with E-state index in [1.165, 1.54) is 6.07 Å². The molecule has 1 atom stereocenters. The second-order valence-electron chi connectivity index (χ2n) is 5.85. The van der Waals surface area contributed by atoms with Gasteiger partial charge in [-0.1, -0.05) is 29.8 Å². The summed E-state index contributed by atoms with van der Waals surface area (Å²) in [6.07, 6.45) is 2.06. The van der Waals surface area contributed by atoms with Crippen molar-refractivity contribution < 1.29 is 9.53 Å². The highest BCUT2D eigenvalue weighted by Gasteiger charge is 2.25. The molecule has 24 heavy (non-hydrogen) atoms. The first-order chi connectivity index (χ1) is 11.6. The smallest absolute Gasteiger partial charge is 0.252 e. The summed E-state index contributed by atoms with van der Waals surface area (Å²) in [5, 5.41) is 8.09. The average Bonchev–Trinajstić information content (AvgIpc) is 2.61. The van der Waals surface area contributed by atoms with Gasteiger partial charge in [0, 0.05) is 19.0 Å². The number of ether oxygens (including phenoxy) is 1. The van der Waals surface area contributed by atoms with Crippen LogP contribution in [0.3, 0.4) is 0 Å². The number of amides is 1. The number of piperidine rings is 1. The van der Waals surface area contributed by atoms with Gasteiger partial charge in [-0.05, 0) is 31.0 Å². The van der Waals surface area contributed by atoms with Crippen molar-refractivity contribution in [2.24, 2.45) is 11.7 Å². The largest absolute Gasteiger partial charge is 0.493 e. The highest BCUT2D eigenvalue weighted by atomic mass is 35.5. The van der Waals surface area contributed by atoms with E-state index in [9.17, 15) is 4.79 Å². The Kier molecular flexibility index (Phi) is 5.15. The van der Waals surface area contributed by atoms with Crippen LogP contribution in [0.4, 0.5) is 5.82 Å². The summed E-state index contributed by atoms with van der Waals surface area (Å²) in [4.78, 5) is 13.7. The fourth-order valence-electron chi connectivity index (χ4n) is 2.90. The predicted molar refractivity (Wildman–Crippen MR) is 92.4 cm³/mol. The van der Waals surface area contributed by atoms with Gasteiger partial charge in [0.25, 0.3) is 5.91 Å². The molecule has 1 amide bonds. The summed E-state index contributed by atoms with van der Waals surface area (Å²) in [5.41, 5.74) is 5.75. The first-order valence-corrected chi connectivity index (χ1v) is 8.27. The molecule has 126 valence electrons. The van der Waals surface area contributed by atoms with E-state index in [2.05, 4.69) is 10.2 Å². The summed E-state index contributed by atoms with van der Waals surface area (Å²) in [7, 11) is 0. The van der Waals surface area contributed by atoms with Crippen LogP contribution in [0.5, 0.6) is 5.75 Å². The molecule has 0 aliphatic carbocycles. The van der Waals surface area contributed by atoms with Crippen molar-refractivity contribution in [2.75, 3.05) is 24.6 Å². The number of primary amides is 1. The second kappa shape index (κ2) is 7.49. The second-order valence-corrected chi connectivity index (χ2v) is 6.23. The Labute approximate surface area is 145 Å². The molecule has 2 N–H and O–H groups in total. The first-order valence-electron chi connectivity index (χ1n) is 7.89. The lowest BCUT2D eigenvalue weighted by Gasteiger charge is -2.33. The number of benzene rings is 1. The Morgan fingerprint density at radius 3 is 2.88 bits per heavy atom. The topological polar surface area (TPSA) is 81.3 Å². The van der Waals surface area contributed by atoms with Gasteiger partial charge in [-0.3, -0.25) is 4.79 Å². The number of para-hydroxylation sites is 1. The number of carbonyl (C=O) groups is 1. The number of aromatic nitrogens is 2. The first kappa shape index (κ1) is 16.5. The van der Waals surface area contributed by atoms with Crippen LogP contribution in [-0.2, 0) is 0 Å². The van der Waals surface area contributed by atoms with Gasteiger partial charge in [0.05, 0.1) is 12.2 Å². The fraction of sp³-hybridized carbons (Fsp3) is 0.353. The van der Waals surface area contributed by atoms with E-state index in [1.54, 1.807) is 0 Å². The van der Waals surface area contributed by atoms with E-state index < -0.39 is 5.91 Å². The van der Waals surface area contributed by atoms with E-state index in [4.69, 9.17) is 22.1 Å². The highest BCUT2D eigenvalue weighted by molar-refractivity contribution is 6.29. The van der Waals surface area contributed by atoms with E-state index >= 15 is 0 Å². The number of carbonyl (C=O) groups excluding carboxylic acids is 1. The summed E-state index contributed by atoms with van der Waals surface area (Å²) in [5.74, 6) is 1.15. The molecule has 0 saturated carbocycles. The van der Waals surface area contributed by atoms with Gasteiger partial charge < -0.3 is 15.4 Å². The van der Waals surface area contributed by atoms with Crippen LogP contribution in [0.2, 0.25) is 5.15 Å². The molecule has 1 aromatic heterocycles. The number of halogens is 1. The molecule has 1 aliphatic heterocycles. The molecular weight excluding hydrogens is 328 g/mol. The molecule has 0 bridgehead atoms. The predicted octanol–water partition coefficient (Wildman–Crippen LogP) is 2.52. The maximum absolute atomic E-state index is 11.7. The molecule has 1 saturated heterocycles. The van der Waals surface area contributed by atoms with Crippen LogP contribution in [-0.4, -0.2) is 35.8 Å². The number of rotatable bonds is 5. The molecule has 3 rings (SSSR count). The minimum absolute atomic E-state index is 0.161. The maximum Gasteiger partial charge on any atom is 0.252 e. The average molecular weight is 347 g/mol. The van der Waals surface area contributed by atoms with Crippen LogP contribution in [0.1, 0.15) is 23.2 Å². The van der Waals surface area contributed by atoms with Crippen molar-refractivity contribution in [3.8, 4) is 5.75 Å². The molecule has 0 radical (unpaired) electrons. The van der Waals surface area contributed by atoms with E-state index in [-0.39, 0.29) is 5.15 Å². The van der Waals surface area contributed by atoms with Gasteiger partial charge in [0.1, 0.15) is 5.75 Å². The van der Waals surface area contributed by atoms with Crippen molar-refractivity contribution in [3.05, 3.63) is 47.1 Å². The molecule has 1 fully saturated rings. The minimum Gasteiger partial charge on any atom is -0.493 e. The highest BCUT2D eigenvalue weighted by Crippen LogP contribution is 2.26. The summed E-state index contributed by atoms with van der Waals surface area (Å²) in [6.45, 7) is 2.16. The van der Waals surface area contributed by atoms with Gasteiger partial charge in [0.15, 0.2) is 11.0 Å². The van der Waals surface area contributed by atoms with Crippen LogP contribution in [0.15, 0.2) is 36.4 Å². The van der Waals surface area contributed by atoms with Gasteiger partial charge >= 0.3 is 0 Å². The SMILES string of the molecule is NC(=O)c1cc(Cl)nnc1N1CCCC(COc2ccccc2)C1. The van der Waals surface area contributed by atoms with Crippen LogP contribution >= 0.6 is 11.6 Å². The van der Waals surface area contributed by atoms with Crippen molar-refractivity contribution in [3.63, 3.8) is 0 Å². The van der Waals surface area contributed by atoms with Gasteiger partial charge in [-0.25, -0.2) is 0 Å². The third-order valence-electron chi connectivity index (χ3n) is 4.06. The molecule has 0 spiro atoms. The monoisotopic (exact) mass is 346 g/mol. The van der Waals surface area contributed by atoms with Crippen molar-refractivity contribution in [2.45, 2.75) is 12.8 Å². The third kappa shape index (κ3) is 3.94. The van der Waals surface area contributed by atoms with Crippen LogP contribution in [0, 0.1) is 5.92 Å². The molecule has 1 unspecified atom stereocenters. The zero-order valence-corrected chi connectivity index (χ0v) is 13.9. The Hall–Kier alpha value is -2.34. The van der Waals surface area contributed by atoms with Crippen LogP contribution in [0.25, 0.3) is 0 Å². The number of hydrogen-bond acceptors (Lipinski definition) is 5. The van der Waals surface area contributed by atoms with E-state index in [0.29, 0.717) is 23.9 Å². The van der Waals surface area contributed by atoms with Crippen molar-refractivity contribution >= 4 is 23.3 Å². The van der Waals surface area contributed by atoms with Crippen molar-refractivity contribution in [1.82, 2.24) is 10.2 Å². The molecule has 7 heteroatoms. The number of hydrogen-bond donors (Lipinski definition) is 1. The number of nitrogens with zero attached hydrogens (tertiary/aromatic N) is 3. The van der Waals surface area contributed by atoms with Crippen LogP contribution < -0.4 is 15.4 Å². The van der Waals surface area contributed by atoms with E-state index in [1.807, 2.05) is 35.2 Å². The zero-order chi connectivity index (χ0) is 16.9. The lowest BCUT2D eigenvalue weighted by molar-refractivity contribution is 0.1000. The number of nitrogens with two attached hydrogens (primary N) is 1. The van der Waals surface area contributed by atoms with Gasteiger partial charge in [-0.15, -0.1) is 10.2 Å².